The van der Waals surface area contributed by atoms with Gasteiger partial charge in [-0.25, -0.2) is 14.4 Å². The number of ether oxygens (including phenoxy) is 1. The summed E-state index contributed by atoms with van der Waals surface area (Å²) in [5, 5.41) is 3.91. The molecular weight excluding hydrogens is 351 g/mol. The maximum atomic E-state index is 12.9. The largest absolute Gasteiger partial charge is 0.458 e. The standard InChI is InChI=1S/C19H17FN4O3/c20-14-10-21-19(22-11-14)26-15-7-4-8-24(12-15)18(25)16-9-17(27-23-16)13-5-2-1-3-6-13/h1-3,5-6,9-11,15H,4,7-8,12H2/t15-/m1/s1. The number of carbonyl (C=O) groups excluding carboxylic acids is 1. The van der Waals surface area contributed by atoms with Crippen molar-refractivity contribution in [2.24, 2.45) is 0 Å². The summed E-state index contributed by atoms with van der Waals surface area (Å²) in [5.74, 6) is -0.194. The van der Waals surface area contributed by atoms with Gasteiger partial charge < -0.3 is 14.2 Å². The van der Waals surface area contributed by atoms with E-state index < -0.39 is 5.82 Å². The molecule has 3 aromatic rings. The van der Waals surface area contributed by atoms with E-state index in [1.165, 1.54) is 0 Å². The van der Waals surface area contributed by atoms with E-state index in [-0.39, 0.29) is 23.7 Å². The fourth-order valence-corrected chi connectivity index (χ4v) is 3.01. The highest BCUT2D eigenvalue weighted by molar-refractivity contribution is 5.93. The Labute approximate surface area is 154 Å². The first kappa shape index (κ1) is 17.1. The van der Waals surface area contributed by atoms with Crippen molar-refractivity contribution in [2.45, 2.75) is 18.9 Å². The normalized spacial score (nSPS) is 16.9. The molecule has 1 fully saturated rings. The number of amides is 1. The van der Waals surface area contributed by atoms with Gasteiger partial charge in [0.15, 0.2) is 17.3 Å². The first-order valence-corrected chi connectivity index (χ1v) is 8.64. The molecule has 7 nitrogen and oxygen atoms in total. The lowest BCUT2D eigenvalue weighted by Crippen LogP contribution is -2.44. The van der Waals surface area contributed by atoms with E-state index in [1.807, 2.05) is 30.3 Å². The Morgan fingerprint density at radius 3 is 2.78 bits per heavy atom. The van der Waals surface area contributed by atoms with Crippen LogP contribution in [0.3, 0.4) is 0 Å². The summed E-state index contributed by atoms with van der Waals surface area (Å²) >= 11 is 0. The van der Waals surface area contributed by atoms with Crippen LogP contribution in [0.1, 0.15) is 23.3 Å². The molecule has 1 aliphatic heterocycles. The molecular formula is C19H17FN4O3. The lowest BCUT2D eigenvalue weighted by molar-refractivity contribution is 0.0506. The first-order valence-electron chi connectivity index (χ1n) is 8.64. The zero-order valence-electron chi connectivity index (χ0n) is 14.4. The van der Waals surface area contributed by atoms with Crippen LogP contribution in [0.15, 0.2) is 53.3 Å². The molecule has 4 rings (SSSR count). The molecule has 3 heterocycles. The number of carbonyl (C=O) groups is 1. The zero-order valence-corrected chi connectivity index (χ0v) is 14.4. The van der Waals surface area contributed by atoms with Crippen LogP contribution in [0.4, 0.5) is 4.39 Å². The van der Waals surface area contributed by atoms with E-state index in [0.29, 0.717) is 18.8 Å². The smallest absolute Gasteiger partial charge is 0.316 e. The van der Waals surface area contributed by atoms with E-state index in [1.54, 1.807) is 11.0 Å². The highest BCUT2D eigenvalue weighted by Gasteiger charge is 2.28. The zero-order chi connectivity index (χ0) is 18.6. The number of piperidine rings is 1. The Kier molecular flexibility index (Phi) is 4.78. The first-order chi connectivity index (χ1) is 13.2. The van der Waals surface area contributed by atoms with Gasteiger partial charge in [0.25, 0.3) is 5.91 Å². The fraction of sp³-hybridized carbons (Fsp3) is 0.263. The quantitative estimate of drug-likeness (QED) is 0.704. The van der Waals surface area contributed by atoms with E-state index in [0.717, 1.165) is 30.8 Å². The predicted molar refractivity (Wildman–Crippen MR) is 93.5 cm³/mol. The summed E-state index contributed by atoms with van der Waals surface area (Å²) in [4.78, 5) is 22.0. The van der Waals surface area contributed by atoms with Gasteiger partial charge in [0.1, 0.15) is 6.10 Å². The molecule has 1 saturated heterocycles. The second kappa shape index (κ2) is 7.53. The Hall–Kier alpha value is -3.29. The molecule has 138 valence electrons. The number of hydrogen-bond acceptors (Lipinski definition) is 6. The minimum absolute atomic E-state index is 0.100. The van der Waals surface area contributed by atoms with Gasteiger partial charge in [-0.2, -0.15) is 0 Å². The molecule has 8 heteroatoms. The van der Waals surface area contributed by atoms with E-state index in [9.17, 15) is 9.18 Å². The molecule has 0 N–H and O–H groups in total. The maximum Gasteiger partial charge on any atom is 0.316 e. The summed E-state index contributed by atoms with van der Waals surface area (Å²) in [6.45, 7) is 0.990. The van der Waals surface area contributed by atoms with Crippen LogP contribution < -0.4 is 4.74 Å². The molecule has 0 saturated carbocycles. The van der Waals surface area contributed by atoms with Crippen molar-refractivity contribution in [1.29, 1.82) is 0 Å². The number of halogens is 1. The molecule has 0 radical (unpaired) electrons. The topological polar surface area (TPSA) is 81.4 Å². The van der Waals surface area contributed by atoms with Crippen molar-refractivity contribution in [3.05, 3.63) is 60.3 Å². The third kappa shape index (κ3) is 3.94. The third-order valence-electron chi connectivity index (χ3n) is 4.32. The number of aromatic nitrogens is 3. The summed E-state index contributed by atoms with van der Waals surface area (Å²) in [5.41, 5.74) is 1.12. The maximum absolute atomic E-state index is 12.9. The second-order valence-electron chi connectivity index (χ2n) is 6.26. The van der Waals surface area contributed by atoms with Crippen LogP contribution in [0.2, 0.25) is 0 Å². The van der Waals surface area contributed by atoms with Crippen LogP contribution in [-0.4, -0.2) is 45.1 Å². The lowest BCUT2D eigenvalue weighted by Gasteiger charge is -2.31. The Balaban J connectivity index is 1.43. The highest BCUT2D eigenvalue weighted by atomic mass is 19.1. The molecule has 27 heavy (non-hydrogen) atoms. The van der Waals surface area contributed by atoms with Crippen molar-refractivity contribution in [3.63, 3.8) is 0 Å². The SMILES string of the molecule is O=C(c1cc(-c2ccccc2)on1)N1CCC[C@@H](Oc2ncc(F)cn2)C1. The molecule has 2 aromatic heterocycles. The van der Waals surface area contributed by atoms with E-state index in [2.05, 4.69) is 15.1 Å². The molecule has 0 unspecified atom stereocenters. The fourth-order valence-electron chi connectivity index (χ4n) is 3.01. The number of nitrogens with zero attached hydrogens (tertiary/aromatic N) is 4. The van der Waals surface area contributed by atoms with Crippen molar-refractivity contribution in [2.75, 3.05) is 13.1 Å². The van der Waals surface area contributed by atoms with Gasteiger partial charge in [-0.3, -0.25) is 4.79 Å². The molecule has 1 aromatic carbocycles. The number of hydrogen-bond donors (Lipinski definition) is 0. The monoisotopic (exact) mass is 368 g/mol. The van der Waals surface area contributed by atoms with Gasteiger partial charge in [-0.1, -0.05) is 35.5 Å². The van der Waals surface area contributed by atoms with E-state index >= 15 is 0 Å². The van der Waals surface area contributed by atoms with Gasteiger partial charge in [0, 0.05) is 18.2 Å². The van der Waals surface area contributed by atoms with Gasteiger partial charge in [-0.15, -0.1) is 0 Å². The Bertz CT molecular complexity index is 914. The van der Waals surface area contributed by atoms with Crippen molar-refractivity contribution in [3.8, 4) is 17.3 Å². The molecule has 0 bridgehead atoms. The average molecular weight is 368 g/mol. The minimum Gasteiger partial charge on any atom is -0.458 e. The van der Waals surface area contributed by atoms with Crippen LogP contribution in [0.5, 0.6) is 6.01 Å². The van der Waals surface area contributed by atoms with Crippen LogP contribution in [0, 0.1) is 5.82 Å². The number of rotatable bonds is 4. The van der Waals surface area contributed by atoms with Gasteiger partial charge in [0.05, 0.1) is 18.9 Å². The minimum atomic E-state index is -0.525. The van der Waals surface area contributed by atoms with Gasteiger partial charge in [-0.05, 0) is 12.8 Å². The molecule has 0 aliphatic carbocycles. The van der Waals surface area contributed by atoms with Crippen molar-refractivity contribution in [1.82, 2.24) is 20.0 Å². The van der Waals surface area contributed by atoms with Crippen molar-refractivity contribution < 1.29 is 18.4 Å². The van der Waals surface area contributed by atoms with Crippen LogP contribution in [0.25, 0.3) is 11.3 Å². The summed E-state index contributed by atoms with van der Waals surface area (Å²) in [6, 6.07) is 11.2. The summed E-state index contributed by atoms with van der Waals surface area (Å²) < 4.78 is 23.9. The summed E-state index contributed by atoms with van der Waals surface area (Å²) in [7, 11) is 0. The molecule has 0 spiro atoms. The molecule has 1 aliphatic rings. The Morgan fingerprint density at radius 1 is 1.22 bits per heavy atom. The van der Waals surface area contributed by atoms with Gasteiger partial charge in [0.2, 0.25) is 0 Å². The number of likely N-dealkylation sites (tertiary alicyclic amines) is 1. The predicted octanol–water partition coefficient (Wildman–Crippen LogP) is 2.95. The highest BCUT2D eigenvalue weighted by Crippen LogP contribution is 2.22. The molecule has 1 atom stereocenters. The van der Waals surface area contributed by atoms with Crippen LogP contribution >= 0.6 is 0 Å². The third-order valence-corrected chi connectivity index (χ3v) is 4.32. The summed E-state index contributed by atoms with van der Waals surface area (Å²) in [6.07, 6.45) is 3.39. The average Bonchev–Trinajstić information content (AvgIpc) is 3.20. The Morgan fingerprint density at radius 2 is 2.00 bits per heavy atom. The second-order valence-corrected chi connectivity index (χ2v) is 6.26. The molecule has 1 amide bonds. The van der Waals surface area contributed by atoms with Gasteiger partial charge >= 0.3 is 6.01 Å². The number of benzene rings is 1. The lowest BCUT2D eigenvalue weighted by atomic mass is 10.1. The van der Waals surface area contributed by atoms with Crippen LogP contribution in [-0.2, 0) is 0 Å². The van der Waals surface area contributed by atoms with Crippen molar-refractivity contribution >= 4 is 5.91 Å². The van der Waals surface area contributed by atoms with E-state index in [4.69, 9.17) is 9.26 Å².